The van der Waals surface area contributed by atoms with Crippen LogP contribution in [0.2, 0.25) is 0 Å². The fraction of sp³-hybridized carbons (Fsp3) is 0.615. The van der Waals surface area contributed by atoms with E-state index in [4.69, 9.17) is 0 Å². The maximum atomic E-state index is 9.89. The summed E-state index contributed by atoms with van der Waals surface area (Å²) in [6, 6.07) is 4.57. The number of hydrogen-bond acceptors (Lipinski definition) is 3. The first-order valence-corrected chi connectivity index (χ1v) is 6.11. The maximum Gasteiger partial charge on any atom is 0.0693 e. The summed E-state index contributed by atoms with van der Waals surface area (Å²) in [4.78, 5) is 4.01. The van der Waals surface area contributed by atoms with Gasteiger partial charge in [-0.3, -0.25) is 4.98 Å². The molecule has 2 rings (SSSR count). The summed E-state index contributed by atoms with van der Waals surface area (Å²) in [5.74, 6) is 0. The second kappa shape index (κ2) is 5.41. The molecule has 1 aliphatic carbocycles. The molecule has 0 saturated heterocycles. The quantitative estimate of drug-likeness (QED) is 0.819. The smallest absolute Gasteiger partial charge is 0.0693 e. The van der Waals surface area contributed by atoms with Crippen molar-refractivity contribution in [3.05, 3.63) is 30.1 Å². The van der Waals surface area contributed by atoms with Crippen LogP contribution in [0.25, 0.3) is 0 Å². The molecule has 16 heavy (non-hydrogen) atoms. The van der Waals surface area contributed by atoms with Crippen LogP contribution in [0.5, 0.6) is 0 Å². The van der Waals surface area contributed by atoms with E-state index >= 15 is 0 Å². The first-order chi connectivity index (χ1) is 7.77. The highest BCUT2D eigenvalue weighted by Gasteiger charge is 2.24. The Bertz CT molecular complexity index is 315. The molecule has 1 fully saturated rings. The first-order valence-electron chi connectivity index (χ1n) is 6.11. The molecule has 0 bridgehead atoms. The highest BCUT2D eigenvalue weighted by Crippen LogP contribution is 2.21. The maximum absolute atomic E-state index is 9.89. The van der Waals surface area contributed by atoms with Crippen molar-refractivity contribution in [1.29, 1.82) is 0 Å². The van der Waals surface area contributed by atoms with Gasteiger partial charge < -0.3 is 10.4 Å². The SMILES string of the molecule is C[C@@H](N[C@@H]1CCCC[C@H]1O)c1ccncc1. The Morgan fingerprint density at radius 1 is 1.31 bits per heavy atom. The van der Waals surface area contributed by atoms with Gasteiger partial charge in [0.15, 0.2) is 0 Å². The average Bonchev–Trinajstić information content (AvgIpc) is 2.33. The molecule has 1 aliphatic rings. The molecule has 88 valence electrons. The van der Waals surface area contributed by atoms with E-state index in [9.17, 15) is 5.11 Å². The molecular weight excluding hydrogens is 200 g/mol. The Hall–Kier alpha value is -0.930. The van der Waals surface area contributed by atoms with Crippen molar-refractivity contribution in [2.45, 2.75) is 50.8 Å². The lowest BCUT2D eigenvalue weighted by atomic mass is 9.91. The summed E-state index contributed by atoms with van der Waals surface area (Å²) >= 11 is 0. The van der Waals surface area contributed by atoms with Gasteiger partial charge in [0, 0.05) is 24.5 Å². The van der Waals surface area contributed by atoms with E-state index in [2.05, 4.69) is 17.2 Å². The standard InChI is InChI=1S/C13H20N2O/c1-10(11-6-8-14-9-7-11)15-12-4-2-3-5-13(12)16/h6-10,12-13,15-16H,2-5H2,1H3/t10-,12-,13-/m1/s1. The van der Waals surface area contributed by atoms with Gasteiger partial charge in [0.25, 0.3) is 0 Å². The number of aliphatic hydroxyl groups excluding tert-OH is 1. The molecule has 2 N–H and O–H groups in total. The third-order valence-electron chi connectivity index (χ3n) is 3.40. The lowest BCUT2D eigenvalue weighted by Gasteiger charge is -2.31. The summed E-state index contributed by atoms with van der Waals surface area (Å²) in [5, 5.41) is 13.4. The van der Waals surface area contributed by atoms with Gasteiger partial charge in [0.2, 0.25) is 0 Å². The highest BCUT2D eigenvalue weighted by molar-refractivity contribution is 5.14. The van der Waals surface area contributed by atoms with Crippen LogP contribution in [-0.4, -0.2) is 22.2 Å². The molecule has 1 aromatic rings. The van der Waals surface area contributed by atoms with Crippen LogP contribution in [0.1, 0.15) is 44.2 Å². The third kappa shape index (κ3) is 2.80. The molecule has 1 heterocycles. The molecule has 3 atom stereocenters. The predicted octanol–water partition coefficient (Wildman–Crippen LogP) is 2.04. The molecule has 0 amide bonds. The minimum atomic E-state index is -0.182. The predicted molar refractivity (Wildman–Crippen MR) is 64.1 cm³/mol. The zero-order valence-corrected chi connectivity index (χ0v) is 9.76. The van der Waals surface area contributed by atoms with E-state index in [1.165, 1.54) is 12.0 Å². The molecule has 3 nitrogen and oxygen atoms in total. The zero-order chi connectivity index (χ0) is 11.4. The van der Waals surface area contributed by atoms with E-state index in [1.807, 2.05) is 24.5 Å². The lowest BCUT2D eigenvalue weighted by Crippen LogP contribution is -2.43. The largest absolute Gasteiger partial charge is 0.392 e. The number of rotatable bonds is 3. The van der Waals surface area contributed by atoms with E-state index in [-0.39, 0.29) is 18.2 Å². The van der Waals surface area contributed by atoms with Gasteiger partial charge in [0.1, 0.15) is 0 Å². The molecule has 3 heteroatoms. The van der Waals surface area contributed by atoms with Crippen LogP contribution in [0, 0.1) is 0 Å². The fourth-order valence-electron chi connectivity index (χ4n) is 2.38. The zero-order valence-electron chi connectivity index (χ0n) is 9.76. The van der Waals surface area contributed by atoms with Gasteiger partial charge >= 0.3 is 0 Å². The summed E-state index contributed by atoms with van der Waals surface area (Å²) in [7, 11) is 0. The Morgan fingerprint density at radius 3 is 2.69 bits per heavy atom. The van der Waals surface area contributed by atoms with Gasteiger partial charge in [-0.25, -0.2) is 0 Å². The third-order valence-corrected chi connectivity index (χ3v) is 3.40. The summed E-state index contributed by atoms with van der Waals surface area (Å²) in [6.45, 7) is 2.14. The molecule has 0 aromatic carbocycles. The minimum Gasteiger partial charge on any atom is -0.392 e. The van der Waals surface area contributed by atoms with E-state index in [0.717, 1.165) is 19.3 Å². The van der Waals surface area contributed by atoms with E-state index < -0.39 is 0 Å². The Kier molecular flexibility index (Phi) is 3.91. The van der Waals surface area contributed by atoms with Crippen molar-refractivity contribution >= 4 is 0 Å². The van der Waals surface area contributed by atoms with Crippen LogP contribution in [0.15, 0.2) is 24.5 Å². The summed E-state index contributed by atoms with van der Waals surface area (Å²) in [6.07, 6.45) is 7.83. The number of pyridine rings is 1. The number of nitrogens with one attached hydrogen (secondary N) is 1. The highest BCUT2D eigenvalue weighted by atomic mass is 16.3. The van der Waals surface area contributed by atoms with Crippen LogP contribution in [0.3, 0.4) is 0 Å². The van der Waals surface area contributed by atoms with Crippen LogP contribution in [0.4, 0.5) is 0 Å². The second-order valence-corrected chi connectivity index (χ2v) is 4.63. The van der Waals surface area contributed by atoms with E-state index in [1.54, 1.807) is 0 Å². The van der Waals surface area contributed by atoms with Crippen molar-refractivity contribution in [2.24, 2.45) is 0 Å². The van der Waals surface area contributed by atoms with Gasteiger partial charge in [-0.1, -0.05) is 12.8 Å². The second-order valence-electron chi connectivity index (χ2n) is 4.63. The van der Waals surface area contributed by atoms with Crippen LogP contribution in [-0.2, 0) is 0 Å². The molecule has 0 aliphatic heterocycles. The first kappa shape index (κ1) is 11.6. The topological polar surface area (TPSA) is 45.1 Å². The Labute approximate surface area is 96.9 Å². The van der Waals surface area contributed by atoms with E-state index in [0.29, 0.717) is 0 Å². The van der Waals surface area contributed by atoms with Crippen LogP contribution >= 0.6 is 0 Å². The van der Waals surface area contributed by atoms with Gasteiger partial charge in [-0.15, -0.1) is 0 Å². The fourth-order valence-corrected chi connectivity index (χ4v) is 2.38. The van der Waals surface area contributed by atoms with Crippen molar-refractivity contribution in [1.82, 2.24) is 10.3 Å². The molecule has 1 aromatic heterocycles. The van der Waals surface area contributed by atoms with Gasteiger partial charge in [-0.2, -0.15) is 0 Å². The normalized spacial score (nSPS) is 27.6. The number of aromatic nitrogens is 1. The molecule has 0 spiro atoms. The lowest BCUT2D eigenvalue weighted by molar-refractivity contribution is 0.0860. The van der Waals surface area contributed by atoms with Crippen molar-refractivity contribution < 1.29 is 5.11 Å². The number of aliphatic hydroxyl groups is 1. The minimum absolute atomic E-state index is 0.182. The Morgan fingerprint density at radius 2 is 2.00 bits per heavy atom. The number of nitrogens with zero attached hydrogens (tertiary/aromatic N) is 1. The van der Waals surface area contributed by atoms with Crippen molar-refractivity contribution in [2.75, 3.05) is 0 Å². The summed E-state index contributed by atoms with van der Waals surface area (Å²) in [5.41, 5.74) is 1.23. The molecule has 1 saturated carbocycles. The average molecular weight is 220 g/mol. The molecular formula is C13H20N2O. The monoisotopic (exact) mass is 220 g/mol. The van der Waals surface area contributed by atoms with Crippen LogP contribution < -0.4 is 5.32 Å². The number of hydrogen-bond donors (Lipinski definition) is 2. The van der Waals surface area contributed by atoms with Gasteiger partial charge in [-0.05, 0) is 37.5 Å². The molecule has 0 radical (unpaired) electrons. The van der Waals surface area contributed by atoms with Crippen molar-refractivity contribution in [3.8, 4) is 0 Å². The Balaban J connectivity index is 1.94. The van der Waals surface area contributed by atoms with Gasteiger partial charge in [0.05, 0.1) is 6.10 Å². The summed E-state index contributed by atoms with van der Waals surface area (Å²) < 4.78 is 0. The molecule has 0 unspecified atom stereocenters. The van der Waals surface area contributed by atoms with Crippen molar-refractivity contribution in [3.63, 3.8) is 0 Å².